The fourth-order valence-electron chi connectivity index (χ4n) is 2.68. The molecule has 0 bridgehead atoms. The van der Waals surface area contributed by atoms with E-state index in [0.29, 0.717) is 6.42 Å². The van der Waals surface area contributed by atoms with E-state index < -0.39 is 0 Å². The van der Waals surface area contributed by atoms with E-state index in [9.17, 15) is 0 Å². The molecule has 25 heavy (non-hydrogen) atoms. The lowest BCUT2D eigenvalue weighted by atomic mass is 10.1. The first kappa shape index (κ1) is 15.8. The van der Waals surface area contributed by atoms with Gasteiger partial charge in [-0.1, -0.05) is 53.8 Å². The summed E-state index contributed by atoms with van der Waals surface area (Å²) in [6.45, 7) is 4.11. The van der Waals surface area contributed by atoms with Gasteiger partial charge in [0.15, 0.2) is 10.8 Å². The lowest BCUT2D eigenvalue weighted by molar-refractivity contribution is 0.225. The van der Waals surface area contributed by atoms with E-state index in [4.69, 9.17) is 4.74 Å². The summed E-state index contributed by atoms with van der Waals surface area (Å²) in [5, 5.41) is 14.1. The molecule has 1 atom stereocenters. The number of aryl methyl sites for hydroxylation is 1. The molecule has 0 saturated heterocycles. The third kappa shape index (κ3) is 3.25. The van der Waals surface area contributed by atoms with E-state index >= 15 is 0 Å². The van der Waals surface area contributed by atoms with E-state index in [0.717, 1.165) is 21.5 Å². The average molecular weight is 350 g/mol. The van der Waals surface area contributed by atoms with Crippen molar-refractivity contribution in [2.45, 2.75) is 26.4 Å². The molecule has 0 unspecified atom stereocenters. The molecular weight excluding hydrogens is 332 g/mol. The minimum Gasteiger partial charge on any atom is -0.483 e. The van der Waals surface area contributed by atoms with Gasteiger partial charge in [-0.25, -0.2) is 0 Å². The highest BCUT2D eigenvalue weighted by molar-refractivity contribution is 7.16. The van der Waals surface area contributed by atoms with Crippen LogP contribution in [0, 0.1) is 6.92 Å². The molecule has 2 aromatic heterocycles. The number of benzene rings is 2. The van der Waals surface area contributed by atoms with Crippen molar-refractivity contribution in [3.05, 3.63) is 76.6 Å². The van der Waals surface area contributed by atoms with Crippen molar-refractivity contribution in [1.29, 1.82) is 0 Å². The van der Waals surface area contributed by atoms with Crippen molar-refractivity contribution in [2.75, 3.05) is 0 Å². The van der Waals surface area contributed by atoms with Crippen molar-refractivity contribution < 1.29 is 4.74 Å². The van der Waals surface area contributed by atoms with Gasteiger partial charge in [0.25, 0.3) is 0 Å². The Morgan fingerprint density at radius 1 is 1.04 bits per heavy atom. The summed E-state index contributed by atoms with van der Waals surface area (Å²) in [6, 6.07) is 18.1. The van der Waals surface area contributed by atoms with Crippen LogP contribution in [0.5, 0.6) is 5.75 Å². The molecule has 5 nitrogen and oxygen atoms in total. The fourth-order valence-corrected chi connectivity index (χ4v) is 3.52. The Kier molecular flexibility index (Phi) is 4.19. The second kappa shape index (κ2) is 6.64. The Morgan fingerprint density at radius 3 is 2.60 bits per heavy atom. The molecular formula is C19H18N4OS. The monoisotopic (exact) mass is 350 g/mol. The number of fused-ring (bicyclic) bond motifs is 1. The first-order valence-corrected chi connectivity index (χ1v) is 8.99. The Balaban J connectivity index is 1.59. The minimum atomic E-state index is -0.139. The van der Waals surface area contributed by atoms with Gasteiger partial charge in [-0.05, 0) is 37.1 Å². The SMILES string of the molecule is Cc1ccccc1Cc1nnc2sc([C@H](C)Oc3ccccc3)nn12. The molecule has 126 valence electrons. The fraction of sp³-hybridized carbons (Fsp3) is 0.211. The number of ether oxygens (including phenoxy) is 1. The standard InChI is InChI=1S/C19H18N4OS/c1-13-8-6-7-9-15(13)12-17-20-21-19-23(17)22-18(25-19)14(2)24-16-10-4-3-5-11-16/h3-11,14H,12H2,1-2H3/t14-/m0/s1. The first-order chi connectivity index (χ1) is 12.2. The van der Waals surface area contributed by atoms with Crippen LogP contribution < -0.4 is 4.74 Å². The van der Waals surface area contributed by atoms with Gasteiger partial charge in [-0.15, -0.1) is 10.2 Å². The predicted octanol–water partition coefficient (Wildman–Crippen LogP) is 4.23. The third-order valence-corrected chi connectivity index (χ3v) is 5.14. The predicted molar refractivity (Wildman–Crippen MR) is 98.1 cm³/mol. The van der Waals surface area contributed by atoms with E-state index in [1.54, 1.807) is 0 Å². The maximum Gasteiger partial charge on any atom is 0.234 e. The van der Waals surface area contributed by atoms with Crippen molar-refractivity contribution in [3.63, 3.8) is 0 Å². The number of hydrogen-bond acceptors (Lipinski definition) is 5. The maximum atomic E-state index is 5.96. The second-order valence-corrected chi connectivity index (χ2v) is 6.91. The topological polar surface area (TPSA) is 52.3 Å². The van der Waals surface area contributed by atoms with Crippen molar-refractivity contribution in [3.8, 4) is 5.75 Å². The molecule has 0 N–H and O–H groups in total. The largest absolute Gasteiger partial charge is 0.483 e. The van der Waals surface area contributed by atoms with E-state index in [-0.39, 0.29) is 6.10 Å². The third-order valence-electron chi connectivity index (χ3n) is 4.08. The number of nitrogens with zero attached hydrogens (tertiary/aromatic N) is 4. The van der Waals surface area contributed by atoms with Crippen LogP contribution in [0.3, 0.4) is 0 Å². The van der Waals surface area contributed by atoms with Crippen molar-refractivity contribution in [2.24, 2.45) is 0 Å². The number of rotatable bonds is 5. The van der Waals surface area contributed by atoms with Crippen LogP contribution in [0.4, 0.5) is 0 Å². The minimum absolute atomic E-state index is 0.139. The van der Waals surface area contributed by atoms with Gasteiger partial charge in [0.2, 0.25) is 4.96 Å². The van der Waals surface area contributed by atoms with E-state index in [1.165, 1.54) is 22.5 Å². The summed E-state index contributed by atoms with van der Waals surface area (Å²) in [7, 11) is 0. The first-order valence-electron chi connectivity index (χ1n) is 8.18. The normalized spacial score (nSPS) is 12.4. The molecule has 2 aromatic carbocycles. The van der Waals surface area contributed by atoms with Gasteiger partial charge in [-0.3, -0.25) is 0 Å². The van der Waals surface area contributed by atoms with Crippen LogP contribution in [-0.4, -0.2) is 19.8 Å². The Bertz CT molecular complexity index is 993. The lowest BCUT2D eigenvalue weighted by Crippen LogP contribution is -2.05. The molecule has 4 aromatic rings. The van der Waals surface area contributed by atoms with Gasteiger partial charge in [0.1, 0.15) is 11.9 Å². The highest BCUT2D eigenvalue weighted by Gasteiger charge is 2.17. The summed E-state index contributed by atoms with van der Waals surface area (Å²) >= 11 is 1.51. The molecule has 0 radical (unpaired) electrons. The molecule has 0 spiro atoms. The molecule has 0 aliphatic carbocycles. The Morgan fingerprint density at radius 2 is 1.80 bits per heavy atom. The van der Waals surface area contributed by atoms with Gasteiger partial charge in [-0.2, -0.15) is 9.61 Å². The quantitative estimate of drug-likeness (QED) is 0.541. The molecule has 0 amide bonds. The van der Waals surface area contributed by atoms with Crippen LogP contribution in [-0.2, 0) is 6.42 Å². The molecule has 2 heterocycles. The summed E-state index contributed by atoms with van der Waals surface area (Å²) in [5.41, 5.74) is 2.48. The molecule has 0 fully saturated rings. The van der Waals surface area contributed by atoms with Gasteiger partial charge in [0.05, 0.1) is 0 Å². The molecule has 0 saturated carbocycles. The van der Waals surface area contributed by atoms with Crippen molar-refractivity contribution >= 4 is 16.3 Å². The van der Waals surface area contributed by atoms with Gasteiger partial charge in [0, 0.05) is 6.42 Å². The van der Waals surface area contributed by atoms with E-state index in [1.807, 2.05) is 53.9 Å². The zero-order valence-corrected chi connectivity index (χ0v) is 14.9. The van der Waals surface area contributed by atoms with Crippen LogP contribution in [0.2, 0.25) is 0 Å². The maximum absolute atomic E-state index is 5.96. The zero-order valence-electron chi connectivity index (χ0n) is 14.1. The highest BCUT2D eigenvalue weighted by Crippen LogP contribution is 2.26. The summed E-state index contributed by atoms with van der Waals surface area (Å²) in [5.74, 6) is 1.68. The van der Waals surface area contributed by atoms with Gasteiger partial charge < -0.3 is 4.74 Å². The molecule has 6 heteroatoms. The molecule has 0 aliphatic rings. The van der Waals surface area contributed by atoms with Crippen LogP contribution in [0.15, 0.2) is 54.6 Å². The Hall–Kier alpha value is -2.73. The lowest BCUT2D eigenvalue weighted by Gasteiger charge is -2.11. The highest BCUT2D eigenvalue weighted by atomic mass is 32.1. The average Bonchev–Trinajstić information content (AvgIpc) is 3.20. The summed E-state index contributed by atoms with van der Waals surface area (Å²) in [6.07, 6.45) is 0.575. The second-order valence-electron chi connectivity index (χ2n) is 5.93. The van der Waals surface area contributed by atoms with Crippen molar-refractivity contribution in [1.82, 2.24) is 19.8 Å². The van der Waals surface area contributed by atoms with Crippen LogP contribution >= 0.6 is 11.3 Å². The number of aromatic nitrogens is 4. The van der Waals surface area contributed by atoms with Gasteiger partial charge >= 0.3 is 0 Å². The summed E-state index contributed by atoms with van der Waals surface area (Å²) in [4.78, 5) is 0.794. The van der Waals surface area contributed by atoms with Crippen LogP contribution in [0.1, 0.15) is 35.0 Å². The smallest absolute Gasteiger partial charge is 0.234 e. The summed E-state index contributed by atoms with van der Waals surface area (Å²) < 4.78 is 7.79. The zero-order chi connectivity index (χ0) is 17.2. The number of para-hydroxylation sites is 1. The van der Waals surface area contributed by atoms with Crippen LogP contribution in [0.25, 0.3) is 4.96 Å². The molecule has 0 aliphatic heterocycles. The Labute approximate surface area is 149 Å². The molecule has 4 rings (SSSR count). The van der Waals surface area contributed by atoms with E-state index in [2.05, 4.69) is 34.4 Å². The number of hydrogen-bond donors (Lipinski definition) is 0.